The van der Waals surface area contributed by atoms with Crippen LogP contribution in [0.3, 0.4) is 0 Å². The van der Waals surface area contributed by atoms with Gasteiger partial charge in [-0.05, 0) is 19.8 Å². The Morgan fingerprint density at radius 2 is 1.95 bits per heavy atom. The second-order valence-electron chi connectivity index (χ2n) is 5.51. The van der Waals surface area contributed by atoms with Crippen LogP contribution in [0, 0.1) is 0 Å². The zero-order chi connectivity index (χ0) is 13.5. The highest BCUT2D eigenvalue weighted by molar-refractivity contribution is 5.57. The molecule has 1 saturated carbocycles. The van der Waals surface area contributed by atoms with E-state index in [0.717, 1.165) is 29.9 Å². The van der Waals surface area contributed by atoms with Gasteiger partial charge in [-0.1, -0.05) is 12.1 Å². The summed E-state index contributed by atoms with van der Waals surface area (Å²) in [6.45, 7) is 3.81. The molecule has 1 fully saturated rings. The number of hydrogen-bond donors (Lipinski definition) is 1. The van der Waals surface area contributed by atoms with Gasteiger partial charge in [0.25, 0.3) is 0 Å². The van der Waals surface area contributed by atoms with Crippen LogP contribution in [0.15, 0.2) is 12.1 Å². The highest BCUT2D eigenvalue weighted by atomic mass is 16.6. The van der Waals surface area contributed by atoms with Gasteiger partial charge in [0, 0.05) is 29.7 Å². The van der Waals surface area contributed by atoms with E-state index in [4.69, 9.17) is 19.9 Å². The van der Waals surface area contributed by atoms with Crippen LogP contribution in [0.25, 0.3) is 0 Å². The summed E-state index contributed by atoms with van der Waals surface area (Å²) in [4.78, 5) is 0. The number of methoxy groups -OCH3 is 1. The van der Waals surface area contributed by atoms with Crippen molar-refractivity contribution >= 4 is 0 Å². The normalized spacial score (nSPS) is 21.0. The number of benzene rings is 1. The third-order valence-corrected chi connectivity index (χ3v) is 4.27. The van der Waals surface area contributed by atoms with Crippen LogP contribution < -0.4 is 15.2 Å². The Kier molecular flexibility index (Phi) is 3.15. The summed E-state index contributed by atoms with van der Waals surface area (Å²) < 4.78 is 16.9. The highest BCUT2D eigenvalue weighted by Crippen LogP contribution is 2.56. The lowest BCUT2D eigenvalue weighted by Gasteiger charge is -2.28. The number of fused-ring (bicyclic) bond motifs is 1. The Labute approximate surface area is 113 Å². The number of hydrogen-bond acceptors (Lipinski definition) is 4. The molecule has 1 aliphatic heterocycles. The van der Waals surface area contributed by atoms with Gasteiger partial charge in [0.1, 0.15) is 13.2 Å². The topological polar surface area (TPSA) is 53.7 Å². The van der Waals surface area contributed by atoms with Crippen molar-refractivity contribution in [3.63, 3.8) is 0 Å². The first-order chi connectivity index (χ1) is 9.19. The molecule has 19 heavy (non-hydrogen) atoms. The van der Waals surface area contributed by atoms with Gasteiger partial charge in [-0.2, -0.15) is 0 Å². The molecule has 1 aliphatic carbocycles. The van der Waals surface area contributed by atoms with E-state index >= 15 is 0 Å². The summed E-state index contributed by atoms with van der Waals surface area (Å²) in [5.41, 5.74) is 8.50. The van der Waals surface area contributed by atoms with Crippen LogP contribution in [0.4, 0.5) is 0 Å². The minimum absolute atomic E-state index is 0.0797. The van der Waals surface area contributed by atoms with Gasteiger partial charge in [0.05, 0.1) is 6.61 Å². The highest BCUT2D eigenvalue weighted by Gasteiger charge is 2.50. The van der Waals surface area contributed by atoms with E-state index in [0.29, 0.717) is 19.8 Å². The summed E-state index contributed by atoms with van der Waals surface area (Å²) in [6.07, 6.45) is 2.26. The zero-order valence-corrected chi connectivity index (χ0v) is 11.6. The van der Waals surface area contributed by atoms with Crippen molar-refractivity contribution in [3.05, 3.63) is 23.3 Å². The van der Waals surface area contributed by atoms with Crippen LogP contribution >= 0.6 is 0 Å². The fourth-order valence-corrected chi connectivity index (χ4v) is 2.96. The van der Waals surface area contributed by atoms with E-state index < -0.39 is 0 Å². The van der Waals surface area contributed by atoms with Gasteiger partial charge in [-0.25, -0.2) is 0 Å². The molecule has 2 aliphatic rings. The summed E-state index contributed by atoms with van der Waals surface area (Å²) in [6, 6.07) is 4.35. The van der Waals surface area contributed by atoms with Crippen molar-refractivity contribution in [1.82, 2.24) is 0 Å². The maximum atomic E-state index is 6.17. The van der Waals surface area contributed by atoms with E-state index in [-0.39, 0.29) is 11.5 Å². The maximum Gasteiger partial charge on any atom is 0.167 e. The van der Waals surface area contributed by atoms with Gasteiger partial charge in [0.15, 0.2) is 11.5 Å². The Balaban J connectivity index is 2.07. The van der Waals surface area contributed by atoms with E-state index in [1.165, 1.54) is 5.56 Å². The second-order valence-corrected chi connectivity index (χ2v) is 5.51. The minimum Gasteiger partial charge on any atom is -0.486 e. The van der Waals surface area contributed by atoms with E-state index in [2.05, 4.69) is 19.1 Å². The molecule has 104 valence electrons. The van der Waals surface area contributed by atoms with Crippen molar-refractivity contribution in [2.24, 2.45) is 5.73 Å². The molecule has 2 N–H and O–H groups in total. The number of rotatable bonds is 4. The molecule has 4 nitrogen and oxygen atoms in total. The third-order valence-electron chi connectivity index (χ3n) is 4.27. The van der Waals surface area contributed by atoms with Gasteiger partial charge in [-0.3, -0.25) is 0 Å². The average Bonchev–Trinajstić information content (AvgIpc) is 3.21. The summed E-state index contributed by atoms with van der Waals surface area (Å²) in [5.74, 6) is 1.73. The molecule has 0 radical (unpaired) electrons. The molecule has 1 aromatic carbocycles. The molecule has 1 heterocycles. The van der Waals surface area contributed by atoms with Crippen LogP contribution in [0.1, 0.15) is 30.9 Å². The van der Waals surface area contributed by atoms with Gasteiger partial charge < -0.3 is 19.9 Å². The van der Waals surface area contributed by atoms with Gasteiger partial charge in [-0.15, -0.1) is 0 Å². The molecule has 1 unspecified atom stereocenters. The number of ether oxygens (including phenoxy) is 3. The van der Waals surface area contributed by atoms with Crippen LogP contribution in [0.2, 0.25) is 0 Å². The molecule has 1 aromatic rings. The fourth-order valence-electron chi connectivity index (χ4n) is 2.96. The van der Waals surface area contributed by atoms with Gasteiger partial charge >= 0.3 is 0 Å². The Hall–Kier alpha value is -1.26. The SMILES string of the molecule is COCc1ccc(C2(C(C)N)CC2)c2c1OCCO2. The molecule has 0 saturated heterocycles. The second kappa shape index (κ2) is 4.69. The number of nitrogens with two attached hydrogens (primary N) is 1. The lowest BCUT2D eigenvalue weighted by atomic mass is 9.87. The van der Waals surface area contributed by atoms with Crippen molar-refractivity contribution in [2.45, 2.75) is 37.8 Å². The zero-order valence-electron chi connectivity index (χ0n) is 11.6. The van der Waals surface area contributed by atoms with Gasteiger partial charge in [0.2, 0.25) is 0 Å². The predicted molar refractivity (Wildman–Crippen MR) is 72.7 cm³/mol. The van der Waals surface area contributed by atoms with E-state index in [9.17, 15) is 0 Å². The minimum atomic E-state index is 0.0797. The fraction of sp³-hybridized carbons (Fsp3) is 0.600. The molecule has 1 atom stereocenters. The standard InChI is InChI=1S/C15H21NO3/c1-10(16)15(5-6-15)12-4-3-11(9-17-2)13-14(12)19-8-7-18-13/h3-4,10H,5-9,16H2,1-2H3. The van der Waals surface area contributed by atoms with Crippen molar-refractivity contribution in [2.75, 3.05) is 20.3 Å². The van der Waals surface area contributed by atoms with Crippen LogP contribution in [-0.4, -0.2) is 26.4 Å². The van der Waals surface area contributed by atoms with Crippen molar-refractivity contribution < 1.29 is 14.2 Å². The molecule has 0 bridgehead atoms. The maximum absolute atomic E-state index is 6.17. The predicted octanol–water partition coefficient (Wildman–Crippen LogP) is 1.98. The third kappa shape index (κ3) is 1.99. The molecular weight excluding hydrogens is 242 g/mol. The lowest BCUT2D eigenvalue weighted by molar-refractivity contribution is 0.151. The Morgan fingerprint density at radius 3 is 2.53 bits per heavy atom. The smallest absolute Gasteiger partial charge is 0.167 e. The largest absolute Gasteiger partial charge is 0.486 e. The first-order valence-corrected chi connectivity index (χ1v) is 6.85. The molecule has 3 rings (SSSR count). The van der Waals surface area contributed by atoms with Crippen LogP contribution in [0.5, 0.6) is 11.5 Å². The first kappa shape index (κ1) is 12.8. The first-order valence-electron chi connectivity index (χ1n) is 6.85. The summed E-state index contributed by atoms with van der Waals surface area (Å²) >= 11 is 0. The monoisotopic (exact) mass is 263 g/mol. The molecule has 0 aromatic heterocycles. The molecular formula is C15H21NO3. The Bertz CT molecular complexity index is 481. The molecule has 0 amide bonds. The Morgan fingerprint density at radius 1 is 1.26 bits per heavy atom. The van der Waals surface area contributed by atoms with Crippen molar-refractivity contribution in [3.8, 4) is 11.5 Å². The average molecular weight is 263 g/mol. The lowest BCUT2D eigenvalue weighted by Crippen LogP contribution is -2.32. The quantitative estimate of drug-likeness (QED) is 0.902. The van der Waals surface area contributed by atoms with E-state index in [1.54, 1.807) is 7.11 Å². The van der Waals surface area contributed by atoms with Crippen LogP contribution in [-0.2, 0) is 16.8 Å². The summed E-state index contributed by atoms with van der Waals surface area (Å²) in [7, 11) is 1.69. The molecule has 4 heteroatoms. The summed E-state index contributed by atoms with van der Waals surface area (Å²) in [5, 5.41) is 0. The van der Waals surface area contributed by atoms with Crippen molar-refractivity contribution in [1.29, 1.82) is 0 Å². The molecule has 0 spiro atoms. The van der Waals surface area contributed by atoms with E-state index in [1.807, 2.05) is 0 Å².